The molecule has 1 saturated carbocycles. The summed E-state index contributed by atoms with van der Waals surface area (Å²) in [7, 11) is 0. The lowest BCUT2D eigenvalue weighted by Crippen LogP contribution is -2.34. The highest BCUT2D eigenvalue weighted by molar-refractivity contribution is 7.11. The predicted molar refractivity (Wildman–Crippen MR) is 51.3 cm³/mol. The Morgan fingerprint density at radius 1 is 1.67 bits per heavy atom. The van der Waals surface area contributed by atoms with Gasteiger partial charge in [-0.3, -0.25) is 0 Å². The van der Waals surface area contributed by atoms with E-state index in [1.54, 1.807) is 11.3 Å². The van der Waals surface area contributed by atoms with Crippen LogP contribution in [-0.2, 0) is 6.54 Å². The molecule has 66 valence electrons. The van der Waals surface area contributed by atoms with Gasteiger partial charge in [0.25, 0.3) is 0 Å². The van der Waals surface area contributed by atoms with Crippen molar-refractivity contribution in [3.63, 3.8) is 0 Å². The van der Waals surface area contributed by atoms with Gasteiger partial charge in [-0.05, 0) is 19.8 Å². The smallest absolute Gasteiger partial charge is 0.0897 e. The first kappa shape index (κ1) is 8.20. The van der Waals surface area contributed by atoms with Crippen LogP contribution >= 0.6 is 11.3 Å². The minimum absolute atomic E-state index is 0.785. The molecular weight excluding hydrogens is 168 g/mol. The van der Waals surface area contributed by atoms with Gasteiger partial charge in [-0.15, -0.1) is 11.3 Å². The van der Waals surface area contributed by atoms with Crippen molar-refractivity contribution in [2.45, 2.75) is 38.8 Å². The lowest BCUT2D eigenvalue weighted by Gasteiger charge is -2.26. The Bertz CT molecular complexity index is 253. The number of nitrogens with zero attached hydrogens (tertiary/aromatic N) is 1. The Morgan fingerprint density at radius 3 is 3.00 bits per heavy atom. The monoisotopic (exact) mass is 182 g/mol. The SMILES string of the molecule is Cc1ncc(CNC2CCC2)s1. The third-order valence-corrected chi connectivity index (χ3v) is 3.25. The molecule has 1 aliphatic carbocycles. The van der Waals surface area contributed by atoms with Gasteiger partial charge in [0.15, 0.2) is 0 Å². The van der Waals surface area contributed by atoms with E-state index in [1.165, 1.54) is 29.1 Å². The largest absolute Gasteiger partial charge is 0.309 e. The number of hydrogen-bond donors (Lipinski definition) is 1. The molecule has 2 nitrogen and oxygen atoms in total. The zero-order valence-corrected chi connectivity index (χ0v) is 8.16. The van der Waals surface area contributed by atoms with E-state index < -0.39 is 0 Å². The molecule has 0 aliphatic heterocycles. The minimum atomic E-state index is 0.785. The summed E-state index contributed by atoms with van der Waals surface area (Å²) in [6, 6.07) is 0.785. The molecule has 1 fully saturated rings. The third kappa shape index (κ3) is 1.84. The molecule has 2 rings (SSSR count). The quantitative estimate of drug-likeness (QED) is 0.774. The van der Waals surface area contributed by atoms with Crippen LogP contribution in [0.4, 0.5) is 0 Å². The lowest BCUT2D eigenvalue weighted by molar-refractivity contribution is 0.339. The summed E-state index contributed by atoms with van der Waals surface area (Å²) in [5.41, 5.74) is 0. The van der Waals surface area contributed by atoms with E-state index in [1.807, 2.05) is 6.20 Å². The first-order valence-corrected chi connectivity index (χ1v) is 5.31. The molecule has 0 radical (unpaired) electrons. The van der Waals surface area contributed by atoms with Gasteiger partial charge in [0.05, 0.1) is 5.01 Å². The zero-order chi connectivity index (χ0) is 8.39. The summed E-state index contributed by atoms with van der Waals surface area (Å²) in [6.45, 7) is 3.06. The maximum absolute atomic E-state index is 4.22. The Kier molecular flexibility index (Phi) is 2.42. The minimum Gasteiger partial charge on any atom is -0.309 e. The van der Waals surface area contributed by atoms with Gasteiger partial charge < -0.3 is 5.32 Å². The van der Waals surface area contributed by atoms with E-state index in [4.69, 9.17) is 0 Å². The van der Waals surface area contributed by atoms with Crippen molar-refractivity contribution in [1.29, 1.82) is 0 Å². The molecule has 12 heavy (non-hydrogen) atoms. The second-order valence-corrected chi connectivity index (χ2v) is 4.67. The van der Waals surface area contributed by atoms with Crippen molar-refractivity contribution in [1.82, 2.24) is 10.3 Å². The average molecular weight is 182 g/mol. The normalized spacial score (nSPS) is 17.8. The average Bonchev–Trinajstić information content (AvgIpc) is 2.32. The first-order chi connectivity index (χ1) is 5.84. The molecule has 0 bridgehead atoms. The maximum Gasteiger partial charge on any atom is 0.0897 e. The molecule has 3 heteroatoms. The summed E-state index contributed by atoms with van der Waals surface area (Å²) < 4.78 is 0. The summed E-state index contributed by atoms with van der Waals surface area (Å²) in [4.78, 5) is 5.58. The standard InChI is InChI=1S/C9H14N2S/c1-7-10-5-9(12-7)6-11-8-3-2-4-8/h5,8,11H,2-4,6H2,1H3. The van der Waals surface area contributed by atoms with Crippen LogP contribution in [-0.4, -0.2) is 11.0 Å². The Labute approximate surface area is 77.0 Å². The molecule has 1 heterocycles. The van der Waals surface area contributed by atoms with Crippen LogP contribution in [0.1, 0.15) is 29.1 Å². The van der Waals surface area contributed by atoms with Gasteiger partial charge in [0.1, 0.15) is 0 Å². The van der Waals surface area contributed by atoms with Gasteiger partial charge in [0.2, 0.25) is 0 Å². The van der Waals surface area contributed by atoms with Crippen molar-refractivity contribution in [2.24, 2.45) is 0 Å². The summed E-state index contributed by atoms with van der Waals surface area (Å²) in [6.07, 6.45) is 6.10. The number of nitrogens with one attached hydrogen (secondary N) is 1. The topological polar surface area (TPSA) is 24.9 Å². The molecule has 0 saturated heterocycles. The van der Waals surface area contributed by atoms with Crippen molar-refractivity contribution < 1.29 is 0 Å². The molecule has 0 spiro atoms. The van der Waals surface area contributed by atoms with Crippen LogP contribution in [0.2, 0.25) is 0 Å². The van der Waals surface area contributed by atoms with Crippen LogP contribution in [0.15, 0.2) is 6.20 Å². The molecule has 1 N–H and O–H groups in total. The van der Waals surface area contributed by atoms with Gasteiger partial charge in [0, 0.05) is 23.7 Å². The summed E-state index contributed by atoms with van der Waals surface area (Å²) >= 11 is 1.79. The fourth-order valence-electron chi connectivity index (χ4n) is 1.34. The van der Waals surface area contributed by atoms with Gasteiger partial charge in [-0.1, -0.05) is 6.42 Å². The Morgan fingerprint density at radius 2 is 2.50 bits per heavy atom. The fourth-order valence-corrected chi connectivity index (χ4v) is 2.09. The third-order valence-electron chi connectivity index (χ3n) is 2.34. The Balaban J connectivity index is 1.79. The van der Waals surface area contributed by atoms with E-state index >= 15 is 0 Å². The predicted octanol–water partition coefficient (Wildman–Crippen LogP) is 2.09. The summed E-state index contributed by atoms with van der Waals surface area (Å²) in [5.74, 6) is 0. The van der Waals surface area contributed by atoms with Crippen molar-refractivity contribution in [3.05, 3.63) is 16.1 Å². The van der Waals surface area contributed by atoms with E-state index in [2.05, 4.69) is 17.2 Å². The fraction of sp³-hybridized carbons (Fsp3) is 0.667. The van der Waals surface area contributed by atoms with E-state index in [0.717, 1.165) is 12.6 Å². The maximum atomic E-state index is 4.22. The van der Waals surface area contributed by atoms with Gasteiger partial charge >= 0.3 is 0 Å². The zero-order valence-electron chi connectivity index (χ0n) is 7.34. The van der Waals surface area contributed by atoms with Crippen LogP contribution < -0.4 is 5.32 Å². The second kappa shape index (κ2) is 3.54. The molecule has 0 aromatic carbocycles. The number of aryl methyl sites for hydroxylation is 1. The highest BCUT2D eigenvalue weighted by Crippen LogP contribution is 2.19. The first-order valence-electron chi connectivity index (χ1n) is 4.49. The van der Waals surface area contributed by atoms with Gasteiger partial charge in [-0.25, -0.2) is 4.98 Å². The number of thiazole rings is 1. The molecule has 0 amide bonds. The highest BCUT2D eigenvalue weighted by atomic mass is 32.1. The van der Waals surface area contributed by atoms with Crippen LogP contribution in [0.5, 0.6) is 0 Å². The molecule has 1 aromatic rings. The second-order valence-electron chi connectivity index (χ2n) is 3.35. The van der Waals surface area contributed by atoms with Crippen molar-refractivity contribution >= 4 is 11.3 Å². The number of aromatic nitrogens is 1. The molecule has 0 atom stereocenters. The van der Waals surface area contributed by atoms with Crippen LogP contribution in [0.25, 0.3) is 0 Å². The molecular formula is C9H14N2S. The van der Waals surface area contributed by atoms with Crippen LogP contribution in [0, 0.1) is 6.92 Å². The molecule has 1 aromatic heterocycles. The van der Waals surface area contributed by atoms with Gasteiger partial charge in [-0.2, -0.15) is 0 Å². The summed E-state index contributed by atoms with van der Waals surface area (Å²) in [5, 5.41) is 4.69. The number of rotatable bonds is 3. The molecule has 1 aliphatic rings. The van der Waals surface area contributed by atoms with E-state index in [0.29, 0.717) is 0 Å². The number of hydrogen-bond acceptors (Lipinski definition) is 3. The van der Waals surface area contributed by atoms with Crippen molar-refractivity contribution in [3.8, 4) is 0 Å². The van der Waals surface area contributed by atoms with E-state index in [9.17, 15) is 0 Å². The Hall–Kier alpha value is -0.410. The molecule has 0 unspecified atom stereocenters. The van der Waals surface area contributed by atoms with Crippen molar-refractivity contribution in [2.75, 3.05) is 0 Å². The van der Waals surface area contributed by atoms with E-state index in [-0.39, 0.29) is 0 Å². The highest BCUT2D eigenvalue weighted by Gasteiger charge is 2.16. The van der Waals surface area contributed by atoms with Crippen LogP contribution in [0.3, 0.4) is 0 Å². The lowest BCUT2D eigenvalue weighted by atomic mass is 9.93.